The van der Waals surface area contributed by atoms with Gasteiger partial charge in [-0.05, 0) is 43.2 Å². The predicted molar refractivity (Wildman–Crippen MR) is 138 cm³/mol. The van der Waals surface area contributed by atoms with Gasteiger partial charge in [0.05, 0.1) is 12.9 Å². The molecule has 0 unspecified atom stereocenters. The van der Waals surface area contributed by atoms with E-state index in [4.69, 9.17) is 14.7 Å². The molecule has 1 aromatic heterocycles. The lowest BCUT2D eigenvalue weighted by atomic mass is 10.0. The Morgan fingerprint density at radius 1 is 1.00 bits per heavy atom. The minimum absolute atomic E-state index is 0.195. The molecule has 0 spiro atoms. The lowest BCUT2D eigenvalue weighted by Crippen LogP contribution is -2.50. The molecule has 0 atom stereocenters. The van der Waals surface area contributed by atoms with E-state index >= 15 is 0 Å². The maximum Gasteiger partial charge on any atom is 0.233 e. The first-order valence-corrected chi connectivity index (χ1v) is 12.8. The molecular weight excluding hydrogens is 444 g/mol. The summed E-state index contributed by atoms with van der Waals surface area (Å²) >= 11 is 1.60. The molecule has 0 N–H and O–H groups in total. The molecule has 178 valence electrons. The molecule has 0 aliphatic carbocycles. The summed E-state index contributed by atoms with van der Waals surface area (Å²) < 4.78 is 5.30. The molecule has 0 bridgehead atoms. The molecule has 2 aromatic carbocycles. The number of hydrogen-bond donors (Lipinski definition) is 0. The molecule has 1 fully saturated rings. The van der Waals surface area contributed by atoms with Crippen LogP contribution in [0.25, 0.3) is 0 Å². The summed E-state index contributed by atoms with van der Waals surface area (Å²) in [4.78, 5) is 27.8. The second-order valence-corrected chi connectivity index (χ2v) is 9.42. The van der Waals surface area contributed by atoms with Gasteiger partial charge in [-0.3, -0.25) is 4.79 Å². The number of carbonyl (C=O) groups excluding carboxylic acids is 1. The Balaban J connectivity index is 1.45. The fourth-order valence-corrected chi connectivity index (χ4v) is 5.06. The molecule has 3 aromatic rings. The van der Waals surface area contributed by atoms with Gasteiger partial charge < -0.3 is 14.5 Å². The number of nitrogens with zero attached hydrogens (tertiary/aromatic N) is 4. The lowest BCUT2D eigenvalue weighted by molar-refractivity contribution is -0.128. The number of piperazine rings is 1. The Labute approximate surface area is 206 Å². The van der Waals surface area contributed by atoms with Gasteiger partial charge in [-0.2, -0.15) is 0 Å². The van der Waals surface area contributed by atoms with Crippen molar-refractivity contribution in [1.29, 1.82) is 0 Å². The monoisotopic (exact) mass is 476 g/mol. The van der Waals surface area contributed by atoms with Crippen molar-refractivity contribution in [3.63, 3.8) is 0 Å². The Hall–Kier alpha value is -3.06. The van der Waals surface area contributed by atoms with Crippen LogP contribution in [0.4, 0.5) is 5.82 Å². The van der Waals surface area contributed by atoms with Crippen molar-refractivity contribution in [2.75, 3.05) is 43.9 Å². The fraction of sp³-hybridized carbons (Fsp3) is 0.370. The highest BCUT2D eigenvalue weighted by atomic mass is 32.2. The molecule has 6 nitrogen and oxygen atoms in total. The van der Waals surface area contributed by atoms with Crippen LogP contribution in [0.3, 0.4) is 0 Å². The highest BCUT2D eigenvalue weighted by Crippen LogP contribution is 2.27. The highest BCUT2D eigenvalue weighted by molar-refractivity contribution is 8.00. The van der Waals surface area contributed by atoms with Crippen molar-refractivity contribution >= 4 is 23.5 Å². The quantitative estimate of drug-likeness (QED) is 0.450. The maximum absolute atomic E-state index is 12.8. The standard InChI is InChI=1S/C27H32N4O2S/c1-4-25-24(18-21-10-12-22(33-3)13-11-21)27(29-20(2)28-25)31-16-14-30(15-17-31)26(32)19-34-23-8-6-5-7-9-23/h5-13H,4,14-19H2,1-3H3. The topological polar surface area (TPSA) is 58.6 Å². The number of hydrogen-bond acceptors (Lipinski definition) is 6. The number of aryl methyl sites for hydroxylation is 2. The van der Waals surface area contributed by atoms with Gasteiger partial charge >= 0.3 is 0 Å². The molecule has 0 radical (unpaired) electrons. The molecule has 1 aliphatic rings. The van der Waals surface area contributed by atoms with Gasteiger partial charge in [0.1, 0.15) is 17.4 Å². The van der Waals surface area contributed by atoms with E-state index in [1.807, 2.05) is 54.3 Å². The zero-order valence-corrected chi connectivity index (χ0v) is 21.0. The van der Waals surface area contributed by atoms with Gasteiger partial charge in [-0.25, -0.2) is 9.97 Å². The largest absolute Gasteiger partial charge is 0.497 e. The molecule has 0 saturated carbocycles. The SMILES string of the molecule is CCc1nc(C)nc(N2CCN(C(=O)CSc3ccccc3)CC2)c1Cc1ccc(OC)cc1. The van der Waals surface area contributed by atoms with Crippen molar-refractivity contribution in [2.45, 2.75) is 31.6 Å². The summed E-state index contributed by atoms with van der Waals surface area (Å²) in [5.74, 6) is 3.32. The first-order chi connectivity index (χ1) is 16.6. The Morgan fingerprint density at radius 2 is 1.71 bits per heavy atom. The van der Waals surface area contributed by atoms with Gasteiger partial charge in [0.15, 0.2) is 0 Å². The Bertz CT molecular complexity index is 1100. The van der Waals surface area contributed by atoms with E-state index < -0.39 is 0 Å². The van der Waals surface area contributed by atoms with Gasteiger partial charge in [-0.15, -0.1) is 11.8 Å². The van der Waals surface area contributed by atoms with Crippen molar-refractivity contribution in [2.24, 2.45) is 0 Å². The first kappa shape index (κ1) is 24.1. The third kappa shape index (κ3) is 5.89. The molecule has 34 heavy (non-hydrogen) atoms. The molecule has 1 amide bonds. The molecule has 2 heterocycles. The van der Waals surface area contributed by atoms with E-state index in [1.165, 1.54) is 11.1 Å². The van der Waals surface area contributed by atoms with E-state index in [-0.39, 0.29) is 5.91 Å². The van der Waals surface area contributed by atoms with Crippen LogP contribution in [-0.4, -0.2) is 59.8 Å². The van der Waals surface area contributed by atoms with Crippen LogP contribution in [0.1, 0.15) is 29.6 Å². The summed E-state index contributed by atoms with van der Waals surface area (Å²) in [6.45, 7) is 7.07. The number of aromatic nitrogens is 2. The average molecular weight is 477 g/mol. The van der Waals surface area contributed by atoms with Crippen molar-refractivity contribution in [1.82, 2.24) is 14.9 Å². The number of rotatable bonds is 8. The molecule has 7 heteroatoms. The van der Waals surface area contributed by atoms with Crippen LogP contribution >= 0.6 is 11.8 Å². The van der Waals surface area contributed by atoms with E-state index in [0.717, 1.165) is 53.9 Å². The van der Waals surface area contributed by atoms with Crippen LogP contribution < -0.4 is 9.64 Å². The number of carbonyl (C=O) groups is 1. The smallest absolute Gasteiger partial charge is 0.233 e. The summed E-state index contributed by atoms with van der Waals surface area (Å²) in [6.07, 6.45) is 1.63. The zero-order chi connectivity index (χ0) is 23.9. The minimum atomic E-state index is 0.195. The molecule has 1 aliphatic heterocycles. The number of methoxy groups -OCH3 is 1. The second-order valence-electron chi connectivity index (χ2n) is 8.37. The van der Waals surface area contributed by atoms with E-state index in [2.05, 4.69) is 24.0 Å². The average Bonchev–Trinajstić information content (AvgIpc) is 2.89. The van der Waals surface area contributed by atoms with Crippen LogP contribution in [0, 0.1) is 6.92 Å². The first-order valence-electron chi connectivity index (χ1n) is 11.8. The van der Waals surface area contributed by atoms with Crippen LogP contribution in [0.2, 0.25) is 0 Å². The van der Waals surface area contributed by atoms with Gasteiger partial charge in [0.25, 0.3) is 0 Å². The summed E-state index contributed by atoms with van der Waals surface area (Å²) in [5.41, 5.74) is 3.48. The van der Waals surface area contributed by atoms with E-state index in [0.29, 0.717) is 18.8 Å². The Morgan fingerprint density at radius 3 is 2.35 bits per heavy atom. The summed E-state index contributed by atoms with van der Waals surface area (Å²) in [5, 5.41) is 0. The number of ether oxygens (including phenoxy) is 1. The van der Waals surface area contributed by atoms with Crippen LogP contribution in [-0.2, 0) is 17.6 Å². The lowest BCUT2D eigenvalue weighted by Gasteiger charge is -2.36. The maximum atomic E-state index is 12.8. The summed E-state index contributed by atoms with van der Waals surface area (Å²) in [6, 6.07) is 18.3. The van der Waals surface area contributed by atoms with Crippen molar-refractivity contribution in [3.8, 4) is 5.75 Å². The third-order valence-electron chi connectivity index (χ3n) is 6.10. The zero-order valence-electron chi connectivity index (χ0n) is 20.2. The predicted octanol–water partition coefficient (Wildman–Crippen LogP) is 4.39. The van der Waals surface area contributed by atoms with Gasteiger partial charge in [-0.1, -0.05) is 37.3 Å². The molecular formula is C27H32N4O2S. The fourth-order valence-electron chi connectivity index (χ4n) is 4.24. The molecule has 1 saturated heterocycles. The van der Waals surface area contributed by atoms with E-state index in [9.17, 15) is 4.79 Å². The van der Waals surface area contributed by atoms with Crippen molar-refractivity contribution < 1.29 is 9.53 Å². The van der Waals surface area contributed by atoms with Crippen LogP contribution in [0.5, 0.6) is 5.75 Å². The van der Waals surface area contributed by atoms with Crippen molar-refractivity contribution in [3.05, 3.63) is 77.2 Å². The third-order valence-corrected chi connectivity index (χ3v) is 7.09. The number of anilines is 1. The number of thioether (sulfide) groups is 1. The van der Waals surface area contributed by atoms with Gasteiger partial charge in [0, 0.05) is 48.8 Å². The van der Waals surface area contributed by atoms with Gasteiger partial charge in [0.2, 0.25) is 5.91 Å². The molecule has 4 rings (SSSR count). The Kier molecular flexibility index (Phi) is 8.06. The van der Waals surface area contributed by atoms with E-state index in [1.54, 1.807) is 18.9 Å². The summed E-state index contributed by atoms with van der Waals surface area (Å²) in [7, 11) is 1.68. The normalized spacial score (nSPS) is 13.7. The highest BCUT2D eigenvalue weighted by Gasteiger charge is 2.25. The second kappa shape index (κ2) is 11.4. The number of benzene rings is 2. The number of amides is 1. The minimum Gasteiger partial charge on any atom is -0.497 e. The van der Waals surface area contributed by atoms with Crippen LogP contribution in [0.15, 0.2) is 59.5 Å².